The van der Waals surface area contributed by atoms with E-state index in [-0.39, 0.29) is 35.7 Å². The molecule has 0 aromatic rings. The molecule has 0 aromatic carbocycles. The van der Waals surface area contributed by atoms with E-state index in [9.17, 15) is 15.0 Å². The Bertz CT molecular complexity index is 439. The van der Waals surface area contributed by atoms with E-state index < -0.39 is 11.7 Å². The maximum atomic E-state index is 11.7. The highest BCUT2D eigenvalue weighted by molar-refractivity contribution is 5.75. The monoisotopic (exact) mass is 266 g/mol. The zero-order valence-corrected chi connectivity index (χ0v) is 11.7. The van der Waals surface area contributed by atoms with E-state index in [4.69, 9.17) is 4.74 Å². The van der Waals surface area contributed by atoms with Gasteiger partial charge in [0, 0.05) is 5.92 Å². The molecule has 3 rings (SSSR count). The van der Waals surface area contributed by atoms with Crippen molar-refractivity contribution in [2.75, 3.05) is 0 Å². The van der Waals surface area contributed by atoms with E-state index in [1.165, 1.54) is 0 Å². The normalized spacial score (nSPS) is 53.1. The summed E-state index contributed by atoms with van der Waals surface area (Å²) in [7, 11) is 0. The van der Waals surface area contributed by atoms with Crippen molar-refractivity contribution in [3.63, 3.8) is 0 Å². The van der Waals surface area contributed by atoms with Gasteiger partial charge in [-0.3, -0.25) is 4.79 Å². The molecule has 4 nitrogen and oxygen atoms in total. The van der Waals surface area contributed by atoms with Crippen molar-refractivity contribution in [3.8, 4) is 0 Å². The highest BCUT2D eigenvalue weighted by Crippen LogP contribution is 2.51. The van der Waals surface area contributed by atoms with Gasteiger partial charge in [-0.15, -0.1) is 0 Å². The van der Waals surface area contributed by atoms with E-state index in [0.717, 1.165) is 12.0 Å². The molecule has 0 amide bonds. The minimum Gasteiger partial charge on any atom is -0.458 e. The summed E-state index contributed by atoms with van der Waals surface area (Å²) in [6, 6.07) is 0. The Morgan fingerprint density at radius 1 is 1.42 bits per heavy atom. The molecule has 1 saturated carbocycles. The number of esters is 1. The number of fused-ring (bicyclic) bond motifs is 2. The molecule has 2 fully saturated rings. The van der Waals surface area contributed by atoms with Gasteiger partial charge in [0.2, 0.25) is 0 Å². The maximum absolute atomic E-state index is 11.7. The molecule has 7 atom stereocenters. The Kier molecular flexibility index (Phi) is 2.81. The number of rotatable bonds is 0. The smallest absolute Gasteiger partial charge is 0.309 e. The van der Waals surface area contributed by atoms with Crippen molar-refractivity contribution in [1.82, 2.24) is 0 Å². The minimum atomic E-state index is -1.07. The number of carbonyl (C=O) groups is 1. The molecule has 1 saturated heterocycles. The van der Waals surface area contributed by atoms with Gasteiger partial charge in [0.05, 0.1) is 17.6 Å². The summed E-state index contributed by atoms with van der Waals surface area (Å²) in [5.74, 6) is 0.0541. The first-order valence-corrected chi connectivity index (χ1v) is 7.11. The zero-order chi connectivity index (χ0) is 13.9. The van der Waals surface area contributed by atoms with Gasteiger partial charge in [0.15, 0.2) is 0 Å². The van der Waals surface area contributed by atoms with Gasteiger partial charge in [-0.25, -0.2) is 0 Å². The van der Waals surface area contributed by atoms with Gasteiger partial charge in [0.1, 0.15) is 6.10 Å². The molecule has 4 heteroatoms. The first-order valence-electron chi connectivity index (χ1n) is 7.11. The number of aliphatic hydroxyl groups excluding tert-OH is 1. The molecule has 3 aliphatic rings. The SMILES string of the molecule is CC1=C[C@H]2OC(=O)[C@@H](C)[C@H]2C[C@@H]2[C@H]1C[C@@H](O)[C@@]2(C)O. The van der Waals surface area contributed by atoms with E-state index in [0.29, 0.717) is 6.42 Å². The Morgan fingerprint density at radius 2 is 2.11 bits per heavy atom. The number of aliphatic hydroxyl groups is 2. The quantitative estimate of drug-likeness (QED) is 0.512. The number of hydrogen-bond donors (Lipinski definition) is 2. The molecule has 0 radical (unpaired) electrons. The van der Waals surface area contributed by atoms with Crippen LogP contribution in [0.5, 0.6) is 0 Å². The Balaban J connectivity index is 1.98. The molecule has 2 aliphatic carbocycles. The van der Waals surface area contributed by atoms with Crippen molar-refractivity contribution in [3.05, 3.63) is 11.6 Å². The minimum absolute atomic E-state index is 0.00528. The second-order valence-electron chi connectivity index (χ2n) is 6.69. The summed E-state index contributed by atoms with van der Waals surface area (Å²) in [5.41, 5.74) is 0.0660. The fourth-order valence-corrected chi connectivity index (χ4v) is 4.16. The van der Waals surface area contributed by atoms with E-state index in [1.54, 1.807) is 6.92 Å². The molecule has 0 unspecified atom stereocenters. The highest BCUT2D eigenvalue weighted by atomic mass is 16.6. The lowest BCUT2D eigenvalue weighted by atomic mass is 9.76. The number of allylic oxidation sites excluding steroid dienone is 1. The van der Waals surface area contributed by atoms with Crippen LogP contribution in [-0.4, -0.2) is 34.0 Å². The molecular formula is C15H22O4. The van der Waals surface area contributed by atoms with Gasteiger partial charge in [-0.1, -0.05) is 12.5 Å². The molecular weight excluding hydrogens is 244 g/mol. The summed E-state index contributed by atoms with van der Waals surface area (Å²) in [5, 5.41) is 20.7. The first kappa shape index (κ1) is 13.1. The summed E-state index contributed by atoms with van der Waals surface area (Å²) in [6.45, 7) is 5.64. The van der Waals surface area contributed by atoms with Crippen LogP contribution in [0, 0.1) is 23.7 Å². The lowest BCUT2D eigenvalue weighted by molar-refractivity contribution is -0.142. The summed E-state index contributed by atoms with van der Waals surface area (Å²) in [6.07, 6.45) is 2.53. The third-order valence-electron chi connectivity index (χ3n) is 5.61. The van der Waals surface area contributed by atoms with Crippen LogP contribution in [0.15, 0.2) is 11.6 Å². The lowest BCUT2D eigenvalue weighted by Crippen LogP contribution is -2.41. The van der Waals surface area contributed by atoms with Crippen molar-refractivity contribution >= 4 is 5.97 Å². The van der Waals surface area contributed by atoms with E-state index in [1.807, 2.05) is 19.9 Å². The first-order chi connectivity index (χ1) is 8.82. The van der Waals surface area contributed by atoms with Crippen LogP contribution in [-0.2, 0) is 9.53 Å². The van der Waals surface area contributed by atoms with Crippen LogP contribution in [0.1, 0.15) is 33.6 Å². The average molecular weight is 266 g/mol. The van der Waals surface area contributed by atoms with Gasteiger partial charge < -0.3 is 14.9 Å². The van der Waals surface area contributed by atoms with Crippen LogP contribution in [0.25, 0.3) is 0 Å². The Morgan fingerprint density at radius 3 is 2.79 bits per heavy atom. The number of carbonyl (C=O) groups excluding carboxylic acids is 1. The topological polar surface area (TPSA) is 66.8 Å². The van der Waals surface area contributed by atoms with Crippen LogP contribution < -0.4 is 0 Å². The molecule has 1 heterocycles. The van der Waals surface area contributed by atoms with E-state index >= 15 is 0 Å². The van der Waals surface area contributed by atoms with Crippen molar-refractivity contribution < 1.29 is 19.7 Å². The molecule has 2 N–H and O–H groups in total. The summed E-state index contributed by atoms with van der Waals surface area (Å²) in [4.78, 5) is 11.7. The van der Waals surface area contributed by atoms with Crippen molar-refractivity contribution in [2.45, 2.75) is 51.4 Å². The van der Waals surface area contributed by atoms with Gasteiger partial charge >= 0.3 is 5.97 Å². The summed E-state index contributed by atoms with van der Waals surface area (Å²) >= 11 is 0. The van der Waals surface area contributed by atoms with Gasteiger partial charge in [-0.05, 0) is 44.6 Å². The second kappa shape index (κ2) is 4.06. The zero-order valence-electron chi connectivity index (χ0n) is 11.7. The van der Waals surface area contributed by atoms with Crippen LogP contribution in [0.4, 0.5) is 0 Å². The van der Waals surface area contributed by atoms with Crippen LogP contribution in [0.3, 0.4) is 0 Å². The second-order valence-corrected chi connectivity index (χ2v) is 6.69. The Hall–Kier alpha value is -0.870. The third-order valence-corrected chi connectivity index (χ3v) is 5.61. The average Bonchev–Trinajstić information content (AvgIpc) is 2.64. The Labute approximate surface area is 113 Å². The maximum Gasteiger partial charge on any atom is 0.309 e. The molecule has 0 spiro atoms. The standard InChI is InChI=1S/C15H22O4/c1-7-4-12-10(8(2)14(17)19-12)5-11-9(7)6-13(16)15(11,3)18/h4,8-13,16,18H,5-6H2,1-3H3/t8-,9-,10+,11+,12+,13+,15-/m0/s1. The largest absolute Gasteiger partial charge is 0.458 e. The van der Waals surface area contributed by atoms with E-state index in [2.05, 4.69) is 0 Å². The fourth-order valence-electron chi connectivity index (χ4n) is 4.16. The lowest BCUT2D eigenvalue weighted by Gasteiger charge is -2.32. The molecule has 106 valence electrons. The molecule has 0 bridgehead atoms. The van der Waals surface area contributed by atoms with Crippen molar-refractivity contribution in [2.24, 2.45) is 23.7 Å². The fraction of sp³-hybridized carbons (Fsp3) is 0.800. The van der Waals surface area contributed by atoms with Gasteiger partial charge in [-0.2, -0.15) is 0 Å². The predicted molar refractivity (Wildman–Crippen MR) is 69.1 cm³/mol. The third kappa shape index (κ3) is 1.77. The number of ether oxygens (including phenoxy) is 1. The molecule has 1 aliphatic heterocycles. The van der Waals surface area contributed by atoms with Gasteiger partial charge in [0.25, 0.3) is 0 Å². The van der Waals surface area contributed by atoms with Crippen LogP contribution >= 0.6 is 0 Å². The molecule has 0 aromatic heterocycles. The highest BCUT2D eigenvalue weighted by Gasteiger charge is 2.55. The summed E-state index contributed by atoms with van der Waals surface area (Å²) < 4.78 is 5.43. The predicted octanol–water partition coefficient (Wildman–Crippen LogP) is 1.26. The van der Waals surface area contributed by atoms with Crippen molar-refractivity contribution in [1.29, 1.82) is 0 Å². The number of hydrogen-bond acceptors (Lipinski definition) is 4. The molecule has 19 heavy (non-hydrogen) atoms. The van der Waals surface area contributed by atoms with Crippen LogP contribution in [0.2, 0.25) is 0 Å².